The number of ether oxygens (including phenoxy) is 1. The Morgan fingerprint density at radius 1 is 1.40 bits per heavy atom. The highest BCUT2D eigenvalue weighted by Crippen LogP contribution is 2.21. The van der Waals surface area contributed by atoms with E-state index in [4.69, 9.17) is 4.74 Å². The van der Waals surface area contributed by atoms with Gasteiger partial charge in [-0.05, 0) is 6.92 Å². The molecule has 0 rings (SSSR count). The van der Waals surface area contributed by atoms with Crippen molar-refractivity contribution in [2.45, 2.75) is 20.8 Å². The normalized spacial score (nSPS) is 14.4. The lowest BCUT2D eigenvalue weighted by atomic mass is 10.0. The lowest BCUT2D eigenvalue weighted by molar-refractivity contribution is 0.246. The van der Waals surface area contributed by atoms with Crippen LogP contribution in [0.5, 0.6) is 0 Å². The summed E-state index contributed by atoms with van der Waals surface area (Å²) in [5.41, 5.74) is 0.712. The molecule has 15 heavy (non-hydrogen) atoms. The first-order chi connectivity index (χ1) is 7.08. The zero-order valence-corrected chi connectivity index (χ0v) is 10.2. The highest BCUT2D eigenvalue weighted by molar-refractivity contribution is 5.37. The van der Waals surface area contributed by atoms with Crippen molar-refractivity contribution >= 4 is 0 Å². The van der Waals surface area contributed by atoms with Crippen molar-refractivity contribution in [3.8, 4) is 0 Å². The summed E-state index contributed by atoms with van der Waals surface area (Å²) in [6.45, 7) is 5.95. The molecule has 3 nitrogen and oxygen atoms in total. The maximum atomic E-state index is 9.80. The van der Waals surface area contributed by atoms with Gasteiger partial charge in [0.05, 0.1) is 12.7 Å². The van der Waals surface area contributed by atoms with Crippen molar-refractivity contribution < 1.29 is 9.84 Å². The van der Waals surface area contributed by atoms with Crippen LogP contribution < -0.4 is 5.32 Å². The first kappa shape index (κ1) is 13.6. The van der Waals surface area contributed by atoms with Crippen LogP contribution in [0.25, 0.3) is 0 Å². The standard InChI is InChI=1S/C12H21NO2/c1-6-7-10(11(14)8-13-4)12(15-5)9(2)3/h6-9,13-14H,1-5H3/b7-6-,11-8-,12-10-. The smallest absolute Gasteiger partial charge is 0.141 e. The van der Waals surface area contributed by atoms with Gasteiger partial charge >= 0.3 is 0 Å². The Kier molecular flexibility index (Phi) is 6.34. The fourth-order valence-electron chi connectivity index (χ4n) is 1.33. The molecule has 0 bridgehead atoms. The summed E-state index contributed by atoms with van der Waals surface area (Å²) < 4.78 is 5.29. The van der Waals surface area contributed by atoms with E-state index < -0.39 is 0 Å². The lowest BCUT2D eigenvalue weighted by Gasteiger charge is -2.14. The second-order valence-electron chi connectivity index (χ2n) is 3.46. The van der Waals surface area contributed by atoms with Crippen LogP contribution in [0.4, 0.5) is 0 Å². The molecule has 86 valence electrons. The summed E-state index contributed by atoms with van der Waals surface area (Å²) in [5, 5.41) is 12.6. The van der Waals surface area contributed by atoms with E-state index in [0.29, 0.717) is 5.57 Å². The maximum absolute atomic E-state index is 9.80. The van der Waals surface area contributed by atoms with Gasteiger partial charge in [-0.2, -0.15) is 0 Å². The molecule has 0 saturated carbocycles. The Labute approximate surface area is 92.1 Å². The molecule has 0 aromatic heterocycles. The summed E-state index contributed by atoms with van der Waals surface area (Å²) in [4.78, 5) is 0. The summed E-state index contributed by atoms with van der Waals surface area (Å²) in [6.07, 6.45) is 5.25. The van der Waals surface area contributed by atoms with Gasteiger partial charge < -0.3 is 15.2 Å². The van der Waals surface area contributed by atoms with Crippen molar-refractivity contribution in [1.29, 1.82) is 0 Å². The van der Waals surface area contributed by atoms with E-state index in [1.165, 1.54) is 6.20 Å². The van der Waals surface area contributed by atoms with Gasteiger partial charge in [-0.25, -0.2) is 0 Å². The number of hydrogen-bond acceptors (Lipinski definition) is 3. The third kappa shape index (κ3) is 4.11. The van der Waals surface area contributed by atoms with Crippen LogP contribution in [0, 0.1) is 5.92 Å². The molecule has 0 fully saturated rings. The molecule has 0 aromatic rings. The van der Waals surface area contributed by atoms with Gasteiger partial charge in [-0.15, -0.1) is 0 Å². The molecule has 0 saturated heterocycles. The Morgan fingerprint density at radius 2 is 2.00 bits per heavy atom. The molecular weight excluding hydrogens is 190 g/mol. The molecule has 3 heteroatoms. The van der Waals surface area contributed by atoms with Crippen LogP contribution in [0.1, 0.15) is 20.8 Å². The second kappa shape index (κ2) is 6.98. The molecule has 0 atom stereocenters. The van der Waals surface area contributed by atoms with Crippen LogP contribution in [-0.4, -0.2) is 19.3 Å². The van der Waals surface area contributed by atoms with Crippen LogP contribution in [-0.2, 0) is 4.74 Å². The van der Waals surface area contributed by atoms with Crippen LogP contribution in [0.2, 0.25) is 0 Å². The minimum absolute atomic E-state index is 0.182. The summed E-state index contributed by atoms with van der Waals surface area (Å²) >= 11 is 0. The van der Waals surface area contributed by atoms with Gasteiger partial charge in [0.1, 0.15) is 11.5 Å². The number of hydrogen-bond donors (Lipinski definition) is 2. The predicted molar refractivity (Wildman–Crippen MR) is 63.5 cm³/mol. The van der Waals surface area contributed by atoms with Crippen LogP contribution in [0.15, 0.2) is 35.4 Å². The van der Waals surface area contributed by atoms with Crippen molar-refractivity contribution in [2.75, 3.05) is 14.2 Å². The van der Waals surface area contributed by atoms with Gasteiger partial charge in [0, 0.05) is 19.2 Å². The molecule has 0 amide bonds. The average molecular weight is 211 g/mol. The minimum atomic E-state index is 0.182. The molecule has 0 radical (unpaired) electrons. The van der Waals surface area contributed by atoms with E-state index in [9.17, 15) is 5.11 Å². The molecule has 2 N–H and O–H groups in total. The van der Waals surface area contributed by atoms with Gasteiger partial charge in [-0.3, -0.25) is 0 Å². The third-order valence-corrected chi connectivity index (χ3v) is 1.90. The quantitative estimate of drug-likeness (QED) is 0.542. The molecule has 0 aliphatic heterocycles. The van der Waals surface area contributed by atoms with Crippen LogP contribution in [0.3, 0.4) is 0 Å². The Morgan fingerprint density at radius 3 is 2.33 bits per heavy atom. The fraction of sp³-hybridized carbons (Fsp3) is 0.500. The highest BCUT2D eigenvalue weighted by Gasteiger charge is 2.12. The maximum Gasteiger partial charge on any atom is 0.141 e. The second-order valence-corrected chi connectivity index (χ2v) is 3.46. The van der Waals surface area contributed by atoms with E-state index in [1.807, 2.05) is 32.9 Å². The number of nitrogens with one attached hydrogen (secondary N) is 1. The van der Waals surface area contributed by atoms with Crippen LogP contribution >= 0.6 is 0 Å². The first-order valence-electron chi connectivity index (χ1n) is 5.06. The van der Waals surface area contributed by atoms with Crippen molar-refractivity contribution in [1.82, 2.24) is 5.32 Å². The lowest BCUT2D eigenvalue weighted by Crippen LogP contribution is -2.05. The largest absolute Gasteiger partial charge is 0.506 e. The number of aliphatic hydroxyl groups is 1. The molecule has 0 aliphatic carbocycles. The molecule has 0 heterocycles. The molecular formula is C12H21NO2. The van der Waals surface area contributed by atoms with E-state index in [2.05, 4.69) is 5.32 Å². The molecule has 0 unspecified atom stereocenters. The zero-order valence-electron chi connectivity index (χ0n) is 10.2. The van der Waals surface area contributed by atoms with E-state index in [1.54, 1.807) is 14.2 Å². The fourth-order valence-corrected chi connectivity index (χ4v) is 1.33. The molecule has 0 aliphatic rings. The Balaban J connectivity index is 5.33. The van der Waals surface area contributed by atoms with Crippen molar-refractivity contribution in [2.24, 2.45) is 5.92 Å². The average Bonchev–Trinajstić information content (AvgIpc) is 2.17. The van der Waals surface area contributed by atoms with E-state index in [-0.39, 0.29) is 11.7 Å². The summed E-state index contributed by atoms with van der Waals surface area (Å²) in [7, 11) is 3.36. The third-order valence-electron chi connectivity index (χ3n) is 1.90. The number of allylic oxidation sites excluding steroid dienone is 3. The highest BCUT2D eigenvalue weighted by atomic mass is 16.5. The van der Waals surface area contributed by atoms with E-state index in [0.717, 1.165) is 5.76 Å². The monoisotopic (exact) mass is 211 g/mol. The Hall–Kier alpha value is -1.38. The summed E-state index contributed by atoms with van der Waals surface area (Å²) in [5.74, 6) is 1.19. The number of methoxy groups -OCH3 is 1. The van der Waals surface area contributed by atoms with Gasteiger partial charge in [0.2, 0.25) is 0 Å². The topological polar surface area (TPSA) is 41.5 Å². The van der Waals surface area contributed by atoms with Gasteiger partial charge in [0.15, 0.2) is 0 Å². The van der Waals surface area contributed by atoms with Gasteiger partial charge in [-0.1, -0.05) is 26.0 Å². The number of rotatable bonds is 5. The first-order valence-corrected chi connectivity index (χ1v) is 5.06. The summed E-state index contributed by atoms with van der Waals surface area (Å²) in [6, 6.07) is 0. The van der Waals surface area contributed by atoms with Crippen molar-refractivity contribution in [3.63, 3.8) is 0 Å². The molecule has 0 aromatic carbocycles. The number of aliphatic hydroxyl groups excluding tert-OH is 1. The van der Waals surface area contributed by atoms with Gasteiger partial charge in [0.25, 0.3) is 0 Å². The molecule has 0 spiro atoms. The SMILES string of the molecule is C\C=C/C(C(/O)=C/NC)=C(/OC)C(C)C. The van der Waals surface area contributed by atoms with Crippen molar-refractivity contribution in [3.05, 3.63) is 35.4 Å². The van der Waals surface area contributed by atoms with E-state index >= 15 is 0 Å². The Bertz CT molecular complexity index is 275. The minimum Gasteiger partial charge on any atom is -0.506 e. The zero-order chi connectivity index (χ0) is 11.8. The predicted octanol–water partition coefficient (Wildman–Crippen LogP) is 2.74.